The number of piperazine rings is 1. The van der Waals surface area contributed by atoms with Gasteiger partial charge in [-0.1, -0.05) is 23.7 Å². The van der Waals surface area contributed by atoms with Crippen LogP contribution in [0.3, 0.4) is 0 Å². The van der Waals surface area contributed by atoms with Gasteiger partial charge in [0.1, 0.15) is 5.82 Å². The Morgan fingerprint density at radius 1 is 1.10 bits per heavy atom. The van der Waals surface area contributed by atoms with Crippen LogP contribution in [0.2, 0.25) is 5.02 Å². The van der Waals surface area contributed by atoms with Crippen molar-refractivity contribution in [3.8, 4) is 5.75 Å². The Balaban J connectivity index is 1.54. The Morgan fingerprint density at radius 2 is 1.76 bits per heavy atom. The van der Waals surface area contributed by atoms with Crippen LogP contribution in [0, 0.1) is 15.9 Å². The number of halogens is 2. The molecule has 3 rings (SSSR count). The normalized spacial score (nSPS) is 13.9. The number of nitro benzene ring substituents is 1. The smallest absolute Gasteiger partial charge is 0.310 e. The molecule has 0 atom stereocenters. The first-order valence-electron chi connectivity index (χ1n) is 8.75. The highest BCUT2D eigenvalue weighted by Gasteiger charge is 2.26. The number of rotatable bonds is 5. The Morgan fingerprint density at radius 3 is 2.41 bits per heavy atom. The quantitative estimate of drug-likeness (QED) is 0.546. The van der Waals surface area contributed by atoms with E-state index in [1.165, 1.54) is 40.1 Å². The van der Waals surface area contributed by atoms with Crippen LogP contribution in [-0.2, 0) is 4.79 Å². The number of amides is 2. The zero-order valence-corrected chi connectivity index (χ0v) is 16.0. The Kier molecular flexibility index (Phi) is 6.28. The summed E-state index contributed by atoms with van der Waals surface area (Å²) in [6, 6.07) is 9.39. The van der Waals surface area contributed by atoms with E-state index in [9.17, 15) is 24.1 Å². The van der Waals surface area contributed by atoms with Crippen molar-refractivity contribution in [1.29, 1.82) is 0 Å². The number of benzene rings is 2. The summed E-state index contributed by atoms with van der Waals surface area (Å²) in [7, 11) is 0. The minimum absolute atomic E-state index is 0.0191. The number of nitro groups is 1. The SMILES string of the molecule is O=C(COc1ccccc1[N+](=O)[O-])N1CCN(C(=O)c2ccc(F)cc2Cl)CC1. The third-order valence-corrected chi connectivity index (χ3v) is 4.81. The summed E-state index contributed by atoms with van der Waals surface area (Å²) in [4.78, 5) is 38.4. The van der Waals surface area contributed by atoms with Gasteiger partial charge in [-0.2, -0.15) is 0 Å². The molecule has 2 aromatic carbocycles. The Labute approximate surface area is 170 Å². The molecule has 0 N–H and O–H groups in total. The first-order valence-corrected chi connectivity index (χ1v) is 9.13. The highest BCUT2D eigenvalue weighted by molar-refractivity contribution is 6.33. The van der Waals surface area contributed by atoms with Crippen LogP contribution in [0.15, 0.2) is 42.5 Å². The van der Waals surface area contributed by atoms with E-state index in [2.05, 4.69) is 0 Å². The van der Waals surface area contributed by atoms with Crippen molar-refractivity contribution < 1.29 is 23.6 Å². The molecule has 1 heterocycles. The third-order valence-electron chi connectivity index (χ3n) is 4.49. The summed E-state index contributed by atoms with van der Waals surface area (Å²) in [5.74, 6) is -1.18. The van der Waals surface area contributed by atoms with Crippen molar-refractivity contribution in [3.63, 3.8) is 0 Å². The van der Waals surface area contributed by atoms with Crippen LogP contribution in [0.5, 0.6) is 5.75 Å². The molecular weight excluding hydrogens is 405 g/mol. The molecule has 0 spiro atoms. The van der Waals surface area contributed by atoms with Crippen molar-refractivity contribution in [1.82, 2.24) is 9.80 Å². The molecule has 0 unspecified atom stereocenters. The number of hydrogen-bond donors (Lipinski definition) is 0. The van der Waals surface area contributed by atoms with E-state index in [4.69, 9.17) is 16.3 Å². The molecule has 1 fully saturated rings. The monoisotopic (exact) mass is 421 g/mol. The fourth-order valence-electron chi connectivity index (χ4n) is 2.95. The maximum absolute atomic E-state index is 13.2. The van der Waals surface area contributed by atoms with Gasteiger partial charge in [0.05, 0.1) is 15.5 Å². The van der Waals surface area contributed by atoms with Gasteiger partial charge in [0, 0.05) is 32.2 Å². The number of para-hydroxylation sites is 2. The maximum Gasteiger partial charge on any atom is 0.310 e. The molecular formula is C19H17ClFN3O5. The molecule has 0 aliphatic carbocycles. The lowest BCUT2D eigenvalue weighted by molar-refractivity contribution is -0.385. The molecule has 10 heteroatoms. The first kappa shape index (κ1) is 20.5. The van der Waals surface area contributed by atoms with Gasteiger partial charge >= 0.3 is 5.69 Å². The van der Waals surface area contributed by atoms with E-state index in [-0.39, 0.29) is 66.6 Å². The fourth-order valence-corrected chi connectivity index (χ4v) is 3.20. The standard InChI is InChI=1S/C19H17ClFN3O5/c20-15-11-13(21)5-6-14(15)19(26)23-9-7-22(8-10-23)18(25)12-29-17-4-2-1-3-16(17)24(27)28/h1-6,11H,7-10,12H2. The lowest BCUT2D eigenvalue weighted by atomic mass is 10.1. The predicted octanol–water partition coefficient (Wildman–Crippen LogP) is 2.75. The van der Waals surface area contributed by atoms with E-state index in [0.29, 0.717) is 0 Å². The van der Waals surface area contributed by atoms with E-state index < -0.39 is 10.7 Å². The van der Waals surface area contributed by atoms with Gasteiger partial charge in [-0.25, -0.2) is 4.39 Å². The average Bonchev–Trinajstić information content (AvgIpc) is 2.72. The molecule has 0 radical (unpaired) electrons. The van der Waals surface area contributed by atoms with Gasteiger partial charge < -0.3 is 14.5 Å². The van der Waals surface area contributed by atoms with Gasteiger partial charge in [-0.15, -0.1) is 0 Å². The van der Waals surface area contributed by atoms with E-state index in [1.807, 2.05) is 0 Å². The minimum Gasteiger partial charge on any atom is -0.477 e. The van der Waals surface area contributed by atoms with Crippen molar-refractivity contribution >= 4 is 29.1 Å². The molecule has 1 aliphatic heterocycles. The van der Waals surface area contributed by atoms with Crippen LogP contribution in [0.4, 0.5) is 10.1 Å². The second kappa shape index (κ2) is 8.87. The molecule has 1 saturated heterocycles. The van der Waals surface area contributed by atoms with Crippen LogP contribution < -0.4 is 4.74 Å². The van der Waals surface area contributed by atoms with Gasteiger partial charge in [0.15, 0.2) is 12.4 Å². The molecule has 1 aliphatic rings. The topological polar surface area (TPSA) is 93.0 Å². The lowest BCUT2D eigenvalue weighted by Crippen LogP contribution is -2.51. The predicted molar refractivity (Wildman–Crippen MR) is 102 cm³/mol. The van der Waals surface area contributed by atoms with E-state index in [0.717, 1.165) is 6.07 Å². The van der Waals surface area contributed by atoms with Crippen LogP contribution in [0.1, 0.15) is 10.4 Å². The first-order chi connectivity index (χ1) is 13.9. The number of ether oxygens (including phenoxy) is 1. The minimum atomic E-state index is -0.579. The van der Waals surface area contributed by atoms with Gasteiger partial charge in [-0.3, -0.25) is 19.7 Å². The van der Waals surface area contributed by atoms with Crippen molar-refractivity contribution in [2.45, 2.75) is 0 Å². The van der Waals surface area contributed by atoms with E-state index >= 15 is 0 Å². The molecule has 0 saturated carbocycles. The second-order valence-corrected chi connectivity index (χ2v) is 6.72. The van der Waals surface area contributed by atoms with Crippen molar-refractivity contribution in [2.24, 2.45) is 0 Å². The van der Waals surface area contributed by atoms with Crippen molar-refractivity contribution in [2.75, 3.05) is 32.8 Å². The molecule has 2 aromatic rings. The zero-order chi connectivity index (χ0) is 21.0. The molecule has 2 amide bonds. The van der Waals surface area contributed by atoms with Crippen LogP contribution in [-0.4, -0.2) is 59.3 Å². The lowest BCUT2D eigenvalue weighted by Gasteiger charge is -2.34. The second-order valence-electron chi connectivity index (χ2n) is 6.31. The number of nitrogens with zero attached hydrogens (tertiary/aromatic N) is 3. The highest BCUT2D eigenvalue weighted by atomic mass is 35.5. The molecule has 0 bridgehead atoms. The average molecular weight is 422 g/mol. The number of carbonyl (C=O) groups is 2. The number of hydrogen-bond acceptors (Lipinski definition) is 5. The largest absolute Gasteiger partial charge is 0.477 e. The van der Waals surface area contributed by atoms with E-state index in [1.54, 1.807) is 6.07 Å². The highest BCUT2D eigenvalue weighted by Crippen LogP contribution is 2.26. The van der Waals surface area contributed by atoms with Crippen LogP contribution in [0.25, 0.3) is 0 Å². The summed E-state index contributed by atoms with van der Waals surface area (Å²) in [6.07, 6.45) is 0. The summed E-state index contributed by atoms with van der Waals surface area (Å²) in [5.41, 5.74) is -0.0144. The maximum atomic E-state index is 13.2. The molecule has 29 heavy (non-hydrogen) atoms. The zero-order valence-electron chi connectivity index (χ0n) is 15.2. The fraction of sp³-hybridized carbons (Fsp3) is 0.263. The third kappa shape index (κ3) is 4.80. The summed E-state index contributed by atoms with van der Waals surface area (Å²) >= 11 is 5.94. The number of carbonyl (C=O) groups excluding carboxylic acids is 2. The molecule has 8 nitrogen and oxygen atoms in total. The van der Waals surface area contributed by atoms with Crippen LogP contribution >= 0.6 is 11.6 Å². The van der Waals surface area contributed by atoms with Gasteiger partial charge in [-0.05, 0) is 24.3 Å². The Bertz CT molecular complexity index is 947. The summed E-state index contributed by atoms with van der Waals surface area (Å²) in [6.45, 7) is 0.781. The summed E-state index contributed by atoms with van der Waals surface area (Å²) in [5, 5.41) is 11.0. The molecule has 152 valence electrons. The van der Waals surface area contributed by atoms with Crippen molar-refractivity contribution in [3.05, 3.63) is 69.0 Å². The summed E-state index contributed by atoms with van der Waals surface area (Å²) < 4.78 is 18.5. The Hall–Kier alpha value is -3.20. The van der Waals surface area contributed by atoms with Gasteiger partial charge in [0.25, 0.3) is 11.8 Å². The van der Waals surface area contributed by atoms with Gasteiger partial charge in [0.2, 0.25) is 0 Å². The molecule has 0 aromatic heterocycles.